The molecular formula is C20H27N3O3. The van der Waals surface area contributed by atoms with Crippen LogP contribution in [-0.2, 0) is 11.8 Å². The van der Waals surface area contributed by atoms with Crippen molar-refractivity contribution < 1.29 is 9.59 Å². The number of likely N-dealkylation sites (tertiary alicyclic amines) is 2. The number of aryl methyl sites for hydroxylation is 1. The van der Waals surface area contributed by atoms with Gasteiger partial charge in [-0.1, -0.05) is 6.42 Å². The standard InChI is InChI=1S/C20H27N3O3/c1-21-13-16(6-7-17(21)24)18(25)23-11-9-20(14-23)8-3-10-22(19(20)26)12-15-4-2-5-15/h6-7,13,15H,2-5,8-12,14H2,1H3/t20-/m1/s1. The van der Waals surface area contributed by atoms with Gasteiger partial charge in [-0.05, 0) is 44.1 Å². The Balaban J connectivity index is 1.47. The number of rotatable bonds is 3. The first-order valence-corrected chi connectivity index (χ1v) is 9.74. The Morgan fingerprint density at radius 1 is 1.15 bits per heavy atom. The maximum absolute atomic E-state index is 13.2. The van der Waals surface area contributed by atoms with E-state index in [-0.39, 0.29) is 17.4 Å². The van der Waals surface area contributed by atoms with Gasteiger partial charge in [-0.15, -0.1) is 0 Å². The summed E-state index contributed by atoms with van der Waals surface area (Å²) in [6.45, 7) is 2.89. The van der Waals surface area contributed by atoms with Crippen molar-refractivity contribution in [1.29, 1.82) is 0 Å². The molecule has 0 radical (unpaired) electrons. The predicted octanol–water partition coefficient (Wildman–Crippen LogP) is 1.64. The van der Waals surface area contributed by atoms with Gasteiger partial charge in [0.25, 0.3) is 5.91 Å². The number of carbonyl (C=O) groups is 2. The molecule has 26 heavy (non-hydrogen) atoms. The van der Waals surface area contributed by atoms with Crippen molar-refractivity contribution in [2.75, 3.05) is 26.2 Å². The zero-order valence-electron chi connectivity index (χ0n) is 15.4. The van der Waals surface area contributed by atoms with Gasteiger partial charge >= 0.3 is 0 Å². The second kappa shape index (κ2) is 6.56. The minimum Gasteiger partial charge on any atom is -0.342 e. The molecule has 3 aliphatic rings. The van der Waals surface area contributed by atoms with Gasteiger partial charge in [-0.25, -0.2) is 0 Å². The summed E-state index contributed by atoms with van der Waals surface area (Å²) in [4.78, 5) is 41.4. The number of pyridine rings is 1. The first-order chi connectivity index (χ1) is 12.5. The second-order valence-electron chi connectivity index (χ2n) is 8.28. The highest BCUT2D eigenvalue weighted by Crippen LogP contribution is 2.41. The number of aromatic nitrogens is 1. The smallest absolute Gasteiger partial charge is 0.255 e. The highest BCUT2D eigenvalue weighted by Gasteiger charge is 2.49. The van der Waals surface area contributed by atoms with Crippen LogP contribution in [0.5, 0.6) is 0 Å². The summed E-state index contributed by atoms with van der Waals surface area (Å²) in [5.41, 5.74) is -0.00883. The largest absolute Gasteiger partial charge is 0.342 e. The van der Waals surface area contributed by atoms with E-state index in [2.05, 4.69) is 4.90 Å². The monoisotopic (exact) mass is 357 g/mol. The summed E-state index contributed by atoms with van der Waals surface area (Å²) in [6, 6.07) is 3.01. The van der Waals surface area contributed by atoms with E-state index in [0.29, 0.717) is 24.6 Å². The van der Waals surface area contributed by atoms with Crippen LogP contribution in [0, 0.1) is 11.3 Å². The molecule has 3 heterocycles. The van der Waals surface area contributed by atoms with Crippen LogP contribution in [-0.4, -0.2) is 52.4 Å². The Labute approximate surface area is 153 Å². The molecule has 4 rings (SSSR count). The van der Waals surface area contributed by atoms with E-state index in [0.717, 1.165) is 32.4 Å². The fourth-order valence-corrected chi connectivity index (χ4v) is 4.64. The third-order valence-corrected chi connectivity index (χ3v) is 6.50. The average molecular weight is 357 g/mol. The number of carbonyl (C=O) groups excluding carboxylic acids is 2. The van der Waals surface area contributed by atoms with E-state index in [9.17, 15) is 14.4 Å². The number of hydrogen-bond donors (Lipinski definition) is 0. The first kappa shape index (κ1) is 17.3. The van der Waals surface area contributed by atoms with Gasteiger partial charge in [0, 0.05) is 45.5 Å². The van der Waals surface area contributed by atoms with E-state index in [1.807, 2.05) is 0 Å². The van der Waals surface area contributed by atoms with Crippen LogP contribution >= 0.6 is 0 Å². The van der Waals surface area contributed by atoms with Gasteiger partial charge in [0.05, 0.1) is 11.0 Å². The van der Waals surface area contributed by atoms with Crippen LogP contribution in [0.2, 0.25) is 0 Å². The summed E-state index contributed by atoms with van der Waals surface area (Å²) in [7, 11) is 1.65. The van der Waals surface area contributed by atoms with Gasteiger partial charge in [-0.3, -0.25) is 14.4 Å². The Bertz CT molecular complexity index is 783. The minimum atomic E-state index is -0.391. The quantitative estimate of drug-likeness (QED) is 0.826. The molecule has 0 N–H and O–H groups in total. The molecule has 2 saturated heterocycles. The Kier molecular flexibility index (Phi) is 4.37. The molecule has 2 amide bonds. The van der Waals surface area contributed by atoms with E-state index >= 15 is 0 Å². The zero-order chi connectivity index (χ0) is 18.3. The van der Waals surface area contributed by atoms with Gasteiger partial charge < -0.3 is 14.4 Å². The molecule has 1 aromatic rings. The fraction of sp³-hybridized carbons (Fsp3) is 0.650. The number of piperidine rings is 1. The van der Waals surface area contributed by atoms with Crippen molar-refractivity contribution in [3.05, 3.63) is 34.2 Å². The Morgan fingerprint density at radius 3 is 2.65 bits per heavy atom. The second-order valence-corrected chi connectivity index (χ2v) is 8.28. The van der Waals surface area contributed by atoms with Crippen molar-refractivity contribution in [1.82, 2.24) is 14.4 Å². The van der Waals surface area contributed by atoms with Crippen molar-refractivity contribution in [3.63, 3.8) is 0 Å². The predicted molar refractivity (Wildman–Crippen MR) is 97.8 cm³/mol. The highest BCUT2D eigenvalue weighted by molar-refractivity contribution is 5.95. The van der Waals surface area contributed by atoms with Gasteiger partial charge in [0.15, 0.2) is 0 Å². The lowest BCUT2D eigenvalue weighted by Gasteiger charge is -2.42. The topological polar surface area (TPSA) is 62.6 Å². The zero-order valence-corrected chi connectivity index (χ0v) is 15.4. The van der Waals surface area contributed by atoms with Gasteiger partial charge in [-0.2, -0.15) is 0 Å². The molecule has 1 saturated carbocycles. The van der Waals surface area contributed by atoms with Gasteiger partial charge in [0.2, 0.25) is 11.5 Å². The van der Waals surface area contributed by atoms with Gasteiger partial charge in [0.1, 0.15) is 0 Å². The number of amides is 2. The molecule has 6 heteroatoms. The van der Waals surface area contributed by atoms with Crippen molar-refractivity contribution >= 4 is 11.8 Å². The average Bonchev–Trinajstić information content (AvgIpc) is 3.01. The Hall–Kier alpha value is -2.11. The molecule has 0 bridgehead atoms. The molecule has 1 aliphatic carbocycles. The molecule has 3 fully saturated rings. The summed E-state index contributed by atoms with van der Waals surface area (Å²) < 4.78 is 1.42. The fourth-order valence-electron chi connectivity index (χ4n) is 4.64. The highest BCUT2D eigenvalue weighted by atomic mass is 16.2. The van der Waals surface area contributed by atoms with E-state index in [1.165, 1.54) is 29.9 Å². The number of hydrogen-bond acceptors (Lipinski definition) is 3. The van der Waals surface area contributed by atoms with Crippen LogP contribution in [0.4, 0.5) is 0 Å². The maximum Gasteiger partial charge on any atom is 0.255 e. The Morgan fingerprint density at radius 2 is 1.96 bits per heavy atom. The lowest BCUT2D eigenvalue weighted by molar-refractivity contribution is -0.146. The molecule has 0 unspecified atom stereocenters. The van der Waals surface area contributed by atoms with Crippen molar-refractivity contribution in [3.8, 4) is 0 Å². The van der Waals surface area contributed by atoms with E-state index in [1.54, 1.807) is 24.2 Å². The molecule has 6 nitrogen and oxygen atoms in total. The third-order valence-electron chi connectivity index (χ3n) is 6.50. The lowest BCUT2D eigenvalue weighted by atomic mass is 9.77. The lowest BCUT2D eigenvalue weighted by Crippen LogP contribution is -2.52. The molecule has 1 atom stereocenters. The third kappa shape index (κ3) is 2.95. The van der Waals surface area contributed by atoms with E-state index < -0.39 is 5.41 Å². The van der Waals surface area contributed by atoms with Crippen LogP contribution < -0.4 is 5.56 Å². The molecular weight excluding hydrogens is 330 g/mol. The van der Waals surface area contributed by atoms with Crippen molar-refractivity contribution in [2.24, 2.45) is 18.4 Å². The molecule has 0 aromatic carbocycles. The van der Waals surface area contributed by atoms with Crippen LogP contribution in [0.25, 0.3) is 0 Å². The summed E-state index contributed by atoms with van der Waals surface area (Å²) in [5.74, 6) is 0.853. The molecule has 1 spiro atoms. The van der Waals surface area contributed by atoms with Crippen molar-refractivity contribution in [2.45, 2.75) is 38.5 Å². The first-order valence-electron chi connectivity index (χ1n) is 9.74. The maximum atomic E-state index is 13.2. The molecule has 2 aliphatic heterocycles. The van der Waals surface area contributed by atoms with E-state index in [4.69, 9.17) is 0 Å². The SMILES string of the molecule is Cn1cc(C(=O)N2CC[C@]3(CCCN(CC4CCC4)C3=O)C2)ccc1=O. The normalized spacial score (nSPS) is 26.4. The summed E-state index contributed by atoms with van der Waals surface area (Å²) >= 11 is 0. The minimum absolute atomic E-state index is 0.0820. The number of nitrogens with zero attached hydrogens (tertiary/aromatic N) is 3. The summed E-state index contributed by atoms with van der Waals surface area (Å²) in [5, 5.41) is 0. The molecule has 140 valence electrons. The van der Waals surface area contributed by atoms with Crippen LogP contribution in [0.15, 0.2) is 23.1 Å². The van der Waals surface area contributed by atoms with Crippen LogP contribution in [0.3, 0.4) is 0 Å². The molecule has 1 aromatic heterocycles. The summed E-state index contributed by atoms with van der Waals surface area (Å²) in [6.07, 6.45) is 8.03. The van der Waals surface area contributed by atoms with Crippen LogP contribution in [0.1, 0.15) is 48.9 Å².